The van der Waals surface area contributed by atoms with E-state index in [4.69, 9.17) is 12.2 Å². The van der Waals surface area contributed by atoms with Gasteiger partial charge in [0.1, 0.15) is 5.82 Å². The molecule has 0 aliphatic carbocycles. The molecule has 0 unspecified atom stereocenters. The van der Waals surface area contributed by atoms with Gasteiger partial charge >= 0.3 is 0 Å². The van der Waals surface area contributed by atoms with Crippen LogP contribution in [0.5, 0.6) is 0 Å². The zero-order chi connectivity index (χ0) is 11.5. The molecule has 2 N–H and O–H groups in total. The highest BCUT2D eigenvalue weighted by atomic mass is 32.2. The number of hydrogen-bond donors (Lipinski definition) is 2. The Morgan fingerprint density at radius 3 is 2.73 bits per heavy atom. The van der Waals surface area contributed by atoms with Gasteiger partial charge in [-0.2, -0.15) is 5.10 Å². The summed E-state index contributed by atoms with van der Waals surface area (Å²) in [6.07, 6.45) is 1.82. The van der Waals surface area contributed by atoms with Crippen molar-refractivity contribution in [3.05, 3.63) is 10.6 Å². The van der Waals surface area contributed by atoms with Gasteiger partial charge in [0.05, 0.1) is 6.26 Å². The maximum atomic E-state index is 10.8. The Balaban J connectivity index is 2.42. The summed E-state index contributed by atoms with van der Waals surface area (Å²) in [5.41, 5.74) is 0. The van der Waals surface area contributed by atoms with Crippen molar-refractivity contribution in [3.8, 4) is 0 Å². The van der Waals surface area contributed by atoms with Gasteiger partial charge < -0.3 is 4.57 Å². The molecule has 8 heteroatoms. The van der Waals surface area contributed by atoms with Gasteiger partial charge in [-0.3, -0.25) is 5.10 Å². The van der Waals surface area contributed by atoms with Crippen molar-refractivity contribution >= 4 is 22.2 Å². The molecule has 15 heavy (non-hydrogen) atoms. The fraction of sp³-hybridized carbons (Fsp3) is 0.714. The van der Waals surface area contributed by atoms with Gasteiger partial charge in [-0.05, 0) is 25.6 Å². The van der Waals surface area contributed by atoms with Gasteiger partial charge in [0.25, 0.3) is 0 Å². The summed E-state index contributed by atoms with van der Waals surface area (Å²) in [4.78, 5) is 0. The Bertz CT molecular complexity index is 473. The Morgan fingerprint density at radius 2 is 2.27 bits per heavy atom. The Morgan fingerprint density at radius 1 is 1.60 bits per heavy atom. The maximum Gasteiger partial charge on any atom is 0.208 e. The van der Waals surface area contributed by atoms with E-state index in [1.54, 1.807) is 0 Å². The molecule has 0 aliphatic heterocycles. The zero-order valence-electron chi connectivity index (χ0n) is 8.65. The number of nitrogens with one attached hydrogen (secondary N) is 2. The second-order valence-electron chi connectivity index (χ2n) is 3.25. The van der Waals surface area contributed by atoms with Crippen molar-refractivity contribution in [1.82, 2.24) is 19.5 Å². The summed E-state index contributed by atoms with van der Waals surface area (Å²) >= 11 is 5.00. The average molecular weight is 250 g/mol. The second kappa shape index (κ2) is 4.86. The van der Waals surface area contributed by atoms with Gasteiger partial charge in [0.2, 0.25) is 10.0 Å². The topological polar surface area (TPSA) is 79.8 Å². The lowest BCUT2D eigenvalue weighted by atomic mass is 10.4. The lowest BCUT2D eigenvalue weighted by Crippen LogP contribution is -2.24. The molecular weight excluding hydrogens is 236 g/mol. The number of rotatable bonds is 5. The minimum absolute atomic E-state index is 0.408. The number of sulfonamides is 1. The van der Waals surface area contributed by atoms with Gasteiger partial charge in [0.15, 0.2) is 4.77 Å². The molecule has 0 fully saturated rings. The molecule has 0 atom stereocenters. The van der Waals surface area contributed by atoms with Crippen LogP contribution in [0.25, 0.3) is 0 Å². The molecule has 86 valence electrons. The number of nitrogens with zero attached hydrogens (tertiary/aromatic N) is 2. The Hall–Kier alpha value is -0.730. The van der Waals surface area contributed by atoms with Gasteiger partial charge in [0, 0.05) is 13.1 Å². The van der Waals surface area contributed by atoms with Crippen LogP contribution in [0.3, 0.4) is 0 Å². The van der Waals surface area contributed by atoms with Crippen molar-refractivity contribution in [2.45, 2.75) is 19.9 Å². The molecule has 0 spiro atoms. The first kappa shape index (κ1) is 12.3. The SMILES string of the molecule is Cc1n[nH]c(=S)n1CCCNS(C)(=O)=O. The van der Waals surface area contributed by atoms with Gasteiger partial charge in [-0.25, -0.2) is 13.1 Å². The third-order valence-electron chi connectivity index (χ3n) is 1.87. The first-order valence-electron chi connectivity index (χ1n) is 4.46. The third kappa shape index (κ3) is 4.10. The van der Waals surface area contributed by atoms with Crippen LogP contribution in [0.15, 0.2) is 0 Å². The van der Waals surface area contributed by atoms with E-state index in [2.05, 4.69) is 14.9 Å². The van der Waals surface area contributed by atoms with E-state index in [1.807, 2.05) is 11.5 Å². The van der Waals surface area contributed by atoms with Gasteiger partial charge in [-0.15, -0.1) is 0 Å². The van der Waals surface area contributed by atoms with Crippen molar-refractivity contribution in [2.24, 2.45) is 0 Å². The number of aromatic nitrogens is 3. The molecule has 6 nitrogen and oxygen atoms in total. The summed E-state index contributed by atoms with van der Waals surface area (Å²) in [7, 11) is -3.09. The van der Waals surface area contributed by atoms with E-state index in [1.165, 1.54) is 0 Å². The van der Waals surface area contributed by atoms with E-state index < -0.39 is 10.0 Å². The highest BCUT2D eigenvalue weighted by Gasteiger charge is 2.02. The lowest BCUT2D eigenvalue weighted by molar-refractivity contribution is 0.571. The monoisotopic (exact) mass is 250 g/mol. The average Bonchev–Trinajstić information content (AvgIpc) is 2.40. The summed E-state index contributed by atoms with van der Waals surface area (Å²) < 4.78 is 26.4. The minimum Gasteiger partial charge on any atom is -0.304 e. The molecule has 1 rings (SSSR count). The second-order valence-corrected chi connectivity index (χ2v) is 5.47. The van der Waals surface area contributed by atoms with E-state index in [9.17, 15) is 8.42 Å². The molecule has 1 aromatic heterocycles. The highest BCUT2D eigenvalue weighted by Crippen LogP contribution is 1.97. The number of hydrogen-bond acceptors (Lipinski definition) is 4. The molecule has 0 aromatic carbocycles. The molecule has 0 aliphatic rings. The summed E-state index contributed by atoms with van der Waals surface area (Å²) in [6.45, 7) is 2.91. The number of H-pyrrole nitrogens is 1. The van der Waals surface area contributed by atoms with E-state index in [0.29, 0.717) is 24.3 Å². The highest BCUT2D eigenvalue weighted by molar-refractivity contribution is 7.88. The maximum absolute atomic E-state index is 10.8. The molecule has 0 saturated heterocycles. The smallest absolute Gasteiger partial charge is 0.208 e. The van der Waals surface area contributed by atoms with Crippen molar-refractivity contribution in [2.75, 3.05) is 12.8 Å². The van der Waals surface area contributed by atoms with Crippen LogP contribution in [0.4, 0.5) is 0 Å². The quantitative estimate of drug-likeness (QED) is 0.577. The predicted octanol–water partition coefficient (Wildman–Crippen LogP) is 0.188. The van der Waals surface area contributed by atoms with E-state index in [0.717, 1.165) is 12.1 Å². The fourth-order valence-electron chi connectivity index (χ4n) is 1.15. The van der Waals surface area contributed by atoms with E-state index >= 15 is 0 Å². The number of aryl methyl sites for hydroxylation is 1. The molecule has 1 heterocycles. The van der Waals surface area contributed by atoms with Crippen molar-refractivity contribution < 1.29 is 8.42 Å². The van der Waals surface area contributed by atoms with Crippen LogP contribution in [-0.2, 0) is 16.6 Å². The van der Waals surface area contributed by atoms with Crippen LogP contribution in [0.2, 0.25) is 0 Å². The molecular formula is C7H14N4O2S2. The van der Waals surface area contributed by atoms with Crippen molar-refractivity contribution in [1.29, 1.82) is 0 Å². The van der Waals surface area contributed by atoms with Gasteiger partial charge in [-0.1, -0.05) is 0 Å². The summed E-state index contributed by atoms with van der Waals surface area (Å²) in [5.74, 6) is 0.805. The molecule has 0 saturated carbocycles. The first-order valence-corrected chi connectivity index (χ1v) is 6.76. The first-order chi connectivity index (χ1) is 6.90. The Kier molecular flexibility index (Phi) is 4.00. The molecule has 1 aromatic rings. The minimum atomic E-state index is -3.09. The fourth-order valence-corrected chi connectivity index (χ4v) is 1.94. The molecule has 0 amide bonds. The lowest BCUT2D eigenvalue weighted by Gasteiger charge is -2.04. The van der Waals surface area contributed by atoms with Crippen LogP contribution in [0.1, 0.15) is 12.2 Å². The van der Waals surface area contributed by atoms with Crippen LogP contribution >= 0.6 is 12.2 Å². The standard InChI is InChI=1S/C7H14N4O2S2/c1-6-9-10-7(14)11(6)5-3-4-8-15(2,12)13/h8H,3-5H2,1-2H3,(H,10,14). The van der Waals surface area contributed by atoms with Crippen LogP contribution in [0, 0.1) is 11.7 Å². The zero-order valence-corrected chi connectivity index (χ0v) is 10.3. The predicted molar refractivity (Wildman–Crippen MR) is 59.6 cm³/mol. The Labute approximate surface area is 93.8 Å². The normalized spacial score (nSPS) is 11.9. The summed E-state index contributed by atoms with van der Waals surface area (Å²) in [6, 6.07) is 0. The number of aromatic amines is 1. The molecule has 0 radical (unpaired) electrons. The van der Waals surface area contributed by atoms with Crippen LogP contribution < -0.4 is 4.72 Å². The molecule has 0 bridgehead atoms. The summed E-state index contributed by atoms with van der Waals surface area (Å²) in [5, 5.41) is 6.62. The third-order valence-corrected chi connectivity index (χ3v) is 2.91. The van der Waals surface area contributed by atoms with Crippen LogP contribution in [-0.4, -0.2) is 36.0 Å². The van der Waals surface area contributed by atoms with E-state index in [-0.39, 0.29) is 0 Å². The largest absolute Gasteiger partial charge is 0.304 e. The van der Waals surface area contributed by atoms with Crippen molar-refractivity contribution in [3.63, 3.8) is 0 Å².